The Morgan fingerprint density at radius 1 is 1.40 bits per heavy atom. The third-order valence-electron chi connectivity index (χ3n) is 3.32. The smallest absolute Gasteiger partial charge is 0.319 e. The molecule has 1 atom stereocenters. The number of hydrogen-bond donors (Lipinski definition) is 2. The summed E-state index contributed by atoms with van der Waals surface area (Å²) in [5.41, 5.74) is 2.12. The fraction of sp³-hybridized carbons (Fsp3) is 0.533. The number of thioether (sulfide) groups is 1. The summed E-state index contributed by atoms with van der Waals surface area (Å²) in [7, 11) is 0. The quantitative estimate of drug-likeness (QED) is 0.848. The minimum absolute atomic E-state index is 0.169. The zero-order valence-corrected chi connectivity index (χ0v) is 12.7. The zero-order valence-electron chi connectivity index (χ0n) is 11.9. The van der Waals surface area contributed by atoms with Crippen LogP contribution in [-0.2, 0) is 11.2 Å². The Labute approximate surface area is 124 Å². The van der Waals surface area contributed by atoms with Crippen LogP contribution in [0.1, 0.15) is 18.4 Å². The molecule has 1 saturated heterocycles. The van der Waals surface area contributed by atoms with Crippen molar-refractivity contribution in [1.29, 1.82) is 0 Å². The van der Waals surface area contributed by atoms with E-state index in [1.807, 2.05) is 23.9 Å². The van der Waals surface area contributed by atoms with E-state index in [2.05, 4.69) is 29.0 Å². The number of amides is 2. The molecule has 1 aromatic rings. The molecular formula is C15H22N2O2S. The van der Waals surface area contributed by atoms with Gasteiger partial charge in [0.25, 0.3) is 0 Å². The maximum Gasteiger partial charge on any atom is 0.319 e. The van der Waals surface area contributed by atoms with E-state index in [0.29, 0.717) is 6.54 Å². The van der Waals surface area contributed by atoms with Crippen molar-refractivity contribution < 1.29 is 9.53 Å². The summed E-state index contributed by atoms with van der Waals surface area (Å²) < 4.78 is 5.46. The highest BCUT2D eigenvalue weighted by molar-refractivity contribution is 7.98. The van der Waals surface area contributed by atoms with Crippen LogP contribution in [0.5, 0.6) is 0 Å². The Hall–Kier alpha value is -1.20. The summed E-state index contributed by atoms with van der Waals surface area (Å²) in [6.45, 7) is 1.39. The number of aryl methyl sites for hydroxylation is 1. The van der Waals surface area contributed by atoms with Gasteiger partial charge >= 0.3 is 6.03 Å². The van der Waals surface area contributed by atoms with Gasteiger partial charge in [-0.3, -0.25) is 0 Å². The average molecular weight is 294 g/mol. The van der Waals surface area contributed by atoms with Gasteiger partial charge in [-0.05, 0) is 49.0 Å². The van der Waals surface area contributed by atoms with E-state index in [0.717, 1.165) is 37.3 Å². The molecule has 1 aromatic carbocycles. The molecule has 0 aliphatic carbocycles. The molecule has 2 N–H and O–H groups in total. The normalized spacial score (nSPS) is 17.9. The predicted molar refractivity (Wildman–Crippen MR) is 84.5 cm³/mol. The van der Waals surface area contributed by atoms with E-state index in [-0.39, 0.29) is 12.1 Å². The fourth-order valence-electron chi connectivity index (χ4n) is 2.16. The maximum atomic E-state index is 11.7. The standard InChI is InChI=1S/C15H22N2O2S/c1-20-10-8-12-4-6-13(7-5-12)17-15(18)16-11-14-3-2-9-19-14/h4-7,14H,2-3,8-11H2,1H3,(H2,16,17,18)/t14-/m0/s1. The van der Waals surface area contributed by atoms with E-state index >= 15 is 0 Å². The minimum Gasteiger partial charge on any atom is -0.376 e. The number of benzene rings is 1. The summed E-state index contributed by atoms with van der Waals surface area (Å²) in [6, 6.07) is 7.85. The second kappa shape index (κ2) is 8.17. The number of anilines is 1. The molecule has 1 aliphatic rings. The number of carbonyl (C=O) groups excluding carboxylic acids is 1. The minimum atomic E-state index is -0.169. The first-order valence-corrected chi connectivity index (χ1v) is 8.41. The van der Waals surface area contributed by atoms with Crippen molar-refractivity contribution in [1.82, 2.24) is 5.32 Å². The molecule has 2 rings (SSSR count). The van der Waals surface area contributed by atoms with Crippen molar-refractivity contribution in [2.45, 2.75) is 25.4 Å². The average Bonchev–Trinajstić information content (AvgIpc) is 2.98. The van der Waals surface area contributed by atoms with Crippen molar-refractivity contribution in [3.8, 4) is 0 Å². The largest absolute Gasteiger partial charge is 0.376 e. The van der Waals surface area contributed by atoms with Gasteiger partial charge < -0.3 is 15.4 Å². The zero-order chi connectivity index (χ0) is 14.2. The van der Waals surface area contributed by atoms with Crippen LogP contribution in [0.15, 0.2) is 24.3 Å². The monoisotopic (exact) mass is 294 g/mol. The Bertz CT molecular complexity index is 416. The van der Waals surface area contributed by atoms with Crippen LogP contribution in [0.4, 0.5) is 10.5 Å². The summed E-state index contributed by atoms with van der Waals surface area (Å²) in [5.74, 6) is 1.12. The SMILES string of the molecule is CSCCc1ccc(NC(=O)NC[C@@H]2CCCO2)cc1. The van der Waals surface area contributed by atoms with E-state index < -0.39 is 0 Å². The summed E-state index contributed by atoms with van der Waals surface area (Å²) in [5, 5.41) is 5.68. The molecule has 0 aromatic heterocycles. The maximum absolute atomic E-state index is 11.7. The first-order chi connectivity index (χ1) is 9.78. The highest BCUT2D eigenvalue weighted by atomic mass is 32.2. The lowest BCUT2D eigenvalue weighted by Gasteiger charge is -2.12. The number of nitrogens with one attached hydrogen (secondary N) is 2. The molecule has 1 aliphatic heterocycles. The van der Waals surface area contributed by atoms with Gasteiger partial charge in [-0.2, -0.15) is 11.8 Å². The molecule has 0 saturated carbocycles. The summed E-state index contributed by atoms with van der Waals surface area (Å²) >= 11 is 1.84. The molecule has 0 bridgehead atoms. The third kappa shape index (κ3) is 5.06. The highest BCUT2D eigenvalue weighted by Crippen LogP contribution is 2.12. The Kier molecular flexibility index (Phi) is 6.21. The van der Waals surface area contributed by atoms with Crippen LogP contribution in [0, 0.1) is 0 Å². The van der Waals surface area contributed by atoms with Gasteiger partial charge in [0, 0.05) is 18.8 Å². The Morgan fingerprint density at radius 2 is 2.20 bits per heavy atom. The van der Waals surface area contributed by atoms with Gasteiger partial charge in [-0.15, -0.1) is 0 Å². The molecule has 110 valence electrons. The van der Waals surface area contributed by atoms with Gasteiger partial charge in [0.1, 0.15) is 0 Å². The van der Waals surface area contributed by atoms with E-state index in [4.69, 9.17) is 4.74 Å². The van der Waals surface area contributed by atoms with Crippen molar-refractivity contribution >= 4 is 23.5 Å². The molecule has 1 fully saturated rings. The van der Waals surface area contributed by atoms with Crippen molar-refractivity contribution in [3.05, 3.63) is 29.8 Å². The Morgan fingerprint density at radius 3 is 2.85 bits per heavy atom. The first kappa shape index (κ1) is 15.2. The number of hydrogen-bond acceptors (Lipinski definition) is 3. The predicted octanol–water partition coefficient (Wildman–Crippen LogP) is 2.89. The molecular weight excluding hydrogens is 272 g/mol. The molecule has 5 heteroatoms. The van der Waals surface area contributed by atoms with Crippen LogP contribution in [0.25, 0.3) is 0 Å². The fourth-order valence-corrected chi connectivity index (χ4v) is 2.60. The molecule has 2 amide bonds. The lowest BCUT2D eigenvalue weighted by atomic mass is 10.1. The van der Waals surface area contributed by atoms with Gasteiger partial charge in [-0.25, -0.2) is 4.79 Å². The van der Waals surface area contributed by atoms with Crippen LogP contribution < -0.4 is 10.6 Å². The van der Waals surface area contributed by atoms with E-state index in [9.17, 15) is 4.79 Å². The van der Waals surface area contributed by atoms with Gasteiger partial charge in [0.15, 0.2) is 0 Å². The van der Waals surface area contributed by atoms with Crippen molar-refractivity contribution in [2.75, 3.05) is 30.5 Å². The molecule has 1 heterocycles. The Balaban J connectivity index is 1.72. The molecule has 0 spiro atoms. The van der Waals surface area contributed by atoms with E-state index in [1.165, 1.54) is 5.56 Å². The van der Waals surface area contributed by atoms with Crippen molar-refractivity contribution in [2.24, 2.45) is 0 Å². The number of ether oxygens (including phenoxy) is 1. The number of rotatable bonds is 6. The summed E-state index contributed by atoms with van der Waals surface area (Å²) in [6.07, 6.45) is 5.46. The molecule has 20 heavy (non-hydrogen) atoms. The first-order valence-electron chi connectivity index (χ1n) is 7.02. The third-order valence-corrected chi connectivity index (χ3v) is 3.93. The van der Waals surface area contributed by atoms with Crippen molar-refractivity contribution in [3.63, 3.8) is 0 Å². The number of urea groups is 1. The summed E-state index contributed by atoms with van der Waals surface area (Å²) in [4.78, 5) is 11.7. The topological polar surface area (TPSA) is 50.4 Å². The molecule has 4 nitrogen and oxygen atoms in total. The molecule has 0 radical (unpaired) electrons. The van der Waals surface area contributed by atoms with Crippen LogP contribution >= 0.6 is 11.8 Å². The van der Waals surface area contributed by atoms with Gasteiger partial charge in [0.05, 0.1) is 6.10 Å². The number of carbonyl (C=O) groups is 1. The second-order valence-corrected chi connectivity index (χ2v) is 5.90. The van der Waals surface area contributed by atoms with Gasteiger partial charge in [-0.1, -0.05) is 12.1 Å². The molecule has 0 unspecified atom stereocenters. The van der Waals surface area contributed by atoms with Crippen LogP contribution in [0.3, 0.4) is 0 Å². The lowest BCUT2D eigenvalue weighted by molar-refractivity contribution is 0.112. The van der Waals surface area contributed by atoms with E-state index in [1.54, 1.807) is 0 Å². The van der Waals surface area contributed by atoms with Gasteiger partial charge in [0.2, 0.25) is 0 Å². The second-order valence-electron chi connectivity index (χ2n) is 4.91. The highest BCUT2D eigenvalue weighted by Gasteiger charge is 2.15. The van der Waals surface area contributed by atoms with Crippen LogP contribution in [-0.4, -0.2) is 37.3 Å². The lowest BCUT2D eigenvalue weighted by Crippen LogP contribution is -2.35. The van der Waals surface area contributed by atoms with Crippen LogP contribution in [0.2, 0.25) is 0 Å².